The van der Waals surface area contributed by atoms with Gasteiger partial charge in [-0.25, -0.2) is 15.4 Å². The fourth-order valence-corrected chi connectivity index (χ4v) is 3.65. The normalized spacial score (nSPS) is 13.8. The van der Waals surface area contributed by atoms with E-state index in [4.69, 9.17) is 5.21 Å². The van der Waals surface area contributed by atoms with Crippen LogP contribution in [-0.4, -0.2) is 32.6 Å². The summed E-state index contributed by atoms with van der Waals surface area (Å²) in [5, 5.41) is 9.91. The molecule has 1 aromatic carbocycles. The van der Waals surface area contributed by atoms with E-state index in [1.807, 2.05) is 0 Å². The van der Waals surface area contributed by atoms with Crippen LogP contribution in [0.4, 0.5) is 5.95 Å². The molecule has 1 aliphatic heterocycles. The molecule has 3 N–H and O–H groups in total. The Balaban J connectivity index is 1.66. The van der Waals surface area contributed by atoms with Gasteiger partial charge < -0.3 is 9.88 Å². The van der Waals surface area contributed by atoms with Crippen molar-refractivity contribution in [3.63, 3.8) is 0 Å². The number of hydroxylamine groups is 1. The van der Waals surface area contributed by atoms with E-state index in [0.29, 0.717) is 5.95 Å². The van der Waals surface area contributed by atoms with Crippen molar-refractivity contribution in [3.8, 4) is 0 Å². The molecule has 0 atom stereocenters. The molecule has 3 heterocycles. The van der Waals surface area contributed by atoms with E-state index in [2.05, 4.69) is 61.5 Å². The Labute approximate surface area is 157 Å². The maximum absolute atomic E-state index is 11.4. The van der Waals surface area contributed by atoms with Gasteiger partial charge in [-0.1, -0.05) is 0 Å². The van der Waals surface area contributed by atoms with Crippen LogP contribution in [0.3, 0.4) is 0 Å². The number of hydrogen-bond acceptors (Lipinski definition) is 5. The van der Waals surface area contributed by atoms with Gasteiger partial charge in [0, 0.05) is 57.6 Å². The van der Waals surface area contributed by atoms with Crippen LogP contribution < -0.4 is 10.4 Å². The standard InChI is InChI=1S/C17H16IN5O2/c1-9-4-11-12-8-23(3-2-14(12)21-15(11)5-13(9)18)17-19-6-10(7-20-17)16(24)22-25/h4-7,21,25H,2-3,8H2,1H3,(H,22,24). The topological polar surface area (TPSA) is 94.1 Å². The number of aromatic nitrogens is 3. The fraction of sp³-hybridized carbons (Fsp3) is 0.235. The average molecular weight is 449 g/mol. The first-order valence-corrected chi connectivity index (χ1v) is 8.95. The van der Waals surface area contributed by atoms with Gasteiger partial charge in [-0.2, -0.15) is 0 Å². The second-order valence-corrected chi connectivity index (χ2v) is 7.28. The molecule has 0 fully saturated rings. The van der Waals surface area contributed by atoms with Crippen LogP contribution in [0, 0.1) is 10.5 Å². The maximum atomic E-state index is 11.4. The maximum Gasteiger partial charge on any atom is 0.277 e. The molecule has 8 heteroatoms. The van der Waals surface area contributed by atoms with Gasteiger partial charge in [0.2, 0.25) is 5.95 Å². The lowest BCUT2D eigenvalue weighted by molar-refractivity contribution is 0.0705. The van der Waals surface area contributed by atoms with Crippen molar-refractivity contribution < 1.29 is 10.0 Å². The molecule has 4 rings (SSSR count). The SMILES string of the molecule is Cc1cc2c3c([nH]c2cc1I)CCN(c1ncc(C(=O)NO)cn1)C3. The number of H-pyrrole nitrogens is 1. The molecule has 2 aromatic heterocycles. The van der Waals surface area contributed by atoms with Gasteiger partial charge in [0.15, 0.2) is 0 Å². The van der Waals surface area contributed by atoms with Crippen molar-refractivity contribution in [1.82, 2.24) is 20.4 Å². The van der Waals surface area contributed by atoms with Crippen LogP contribution in [0.1, 0.15) is 27.2 Å². The van der Waals surface area contributed by atoms with E-state index in [0.717, 1.165) is 25.0 Å². The van der Waals surface area contributed by atoms with Crippen molar-refractivity contribution >= 4 is 45.3 Å². The smallest absolute Gasteiger partial charge is 0.277 e. The van der Waals surface area contributed by atoms with Gasteiger partial charge in [0.05, 0.1) is 5.56 Å². The highest BCUT2D eigenvalue weighted by Crippen LogP contribution is 2.31. The Morgan fingerprint density at radius 2 is 2.12 bits per heavy atom. The molecule has 1 amide bonds. The monoisotopic (exact) mass is 449 g/mol. The van der Waals surface area contributed by atoms with Gasteiger partial charge in [0.25, 0.3) is 5.91 Å². The van der Waals surface area contributed by atoms with Crippen LogP contribution in [0.5, 0.6) is 0 Å². The predicted molar refractivity (Wildman–Crippen MR) is 102 cm³/mol. The summed E-state index contributed by atoms with van der Waals surface area (Å²) in [6, 6.07) is 4.41. The van der Waals surface area contributed by atoms with E-state index in [1.165, 1.54) is 38.2 Å². The Hall–Kier alpha value is -2.20. The summed E-state index contributed by atoms with van der Waals surface area (Å²) >= 11 is 2.36. The van der Waals surface area contributed by atoms with Gasteiger partial charge in [0.1, 0.15) is 0 Å². The fourth-order valence-electron chi connectivity index (χ4n) is 3.18. The average Bonchev–Trinajstić information content (AvgIpc) is 2.98. The predicted octanol–water partition coefficient (Wildman–Crippen LogP) is 2.55. The van der Waals surface area contributed by atoms with Gasteiger partial charge in [-0.05, 0) is 47.2 Å². The number of fused-ring (bicyclic) bond motifs is 3. The Bertz CT molecular complexity index is 967. The number of aromatic amines is 1. The van der Waals surface area contributed by atoms with E-state index < -0.39 is 5.91 Å². The highest BCUT2D eigenvalue weighted by atomic mass is 127. The number of nitrogens with one attached hydrogen (secondary N) is 2. The molecule has 3 aromatic rings. The van der Waals surface area contributed by atoms with Crippen LogP contribution in [-0.2, 0) is 13.0 Å². The lowest BCUT2D eigenvalue weighted by Gasteiger charge is -2.27. The first kappa shape index (κ1) is 16.3. The van der Waals surface area contributed by atoms with Crippen molar-refractivity contribution in [3.05, 3.63) is 50.5 Å². The minimum absolute atomic E-state index is 0.223. The molecule has 0 unspecified atom stereocenters. The van der Waals surface area contributed by atoms with E-state index in [-0.39, 0.29) is 5.56 Å². The molecule has 0 spiro atoms. The molecule has 7 nitrogen and oxygen atoms in total. The molecule has 0 radical (unpaired) electrons. The number of nitrogens with zero attached hydrogens (tertiary/aromatic N) is 3. The lowest BCUT2D eigenvalue weighted by Crippen LogP contribution is -2.31. The minimum Gasteiger partial charge on any atom is -0.358 e. The summed E-state index contributed by atoms with van der Waals surface area (Å²) in [5.74, 6) is -0.0362. The summed E-state index contributed by atoms with van der Waals surface area (Å²) in [6.45, 7) is 3.65. The zero-order chi connectivity index (χ0) is 17.6. The summed E-state index contributed by atoms with van der Waals surface area (Å²) in [4.78, 5) is 25.6. The zero-order valence-corrected chi connectivity index (χ0v) is 15.7. The second kappa shape index (κ2) is 6.26. The summed E-state index contributed by atoms with van der Waals surface area (Å²) in [6.07, 6.45) is 3.73. The van der Waals surface area contributed by atoms with Crippen LogP contribution in [0.25, 0.3) is 10.9 Å². The van der Waals surface area contributed by atoms with Crippen LogP contribution in [0.15, 0.2) is 24.5 Å². The van der Waals surface area contributed by atoms with Gasteiger partial charge >= 0.3 is 0 Å². The number of rotatable bonds is 2. The Kier molecular flexibility index (Phi) is 4.08. The summed E-state index contributed by atoms with van der Waals surface area (Å²) in [5.41, 5.74) is 6.78. The number of aryl methyl sites for hydroxylation is 1. The highest BCUT2D eigenvalue weighted by Gasteiger charge is 2.23. The summed E-state index contributed by atoms with van der Waals surface area (Å²) in [7, 11) is 0. The van der Waals surface area contributed by atoms with Crippen LogP contribution >= 0.6 is 22.6 Å². The first-order valence-electron chi connectivity index (χ1n) is 7.88. The number of hydrogen-bond donors (Lipinski definition) is 3. The van der Waals surface area contributed by atoms with Gasteiger partial charge in [-0.15, -0.1) is 0 Å². The number of amides is 1. The lowest BCUT2D eigenvalue weighted by atomic mass is 10.0. The Morgan fingerprint density at radius 1 is 1.36 bits per heavy atom. The molecule has 128 valence electrons. The quantitative estimate of drug-likeness (QED) is 0.318. The van der Waals surface area contributed by atoms with Crippen molar-refractivity contribution in [2.45, 2.75) is 19.9 Å². The number of halogens is 1. The number of carbonyl (C=O) groups excluding carboxylic acids is 1. The van der Waals surface area contributed by atoms with Crippen molar-refractivity contribution in [2.75, 3.05) is 11.4 Å². The minimum atomic E-state index is -0.616. The first-order chi connectivity index (χ1) is 12.1. The molecule has 0 aliphatic carbocycles. The van der Waals surface area contributed by atoms with E-state index in [1.54, 1.807) is 5.48 Å². The molecular weight excluding hydrogens is 433 g/mol. The third-order valence-corrected chi connectivity index (χ3v) is 5.70. The summed E-state index contributed by atoms with van der Waals surface area (Å²) < 4.78 is 1.25. The third kappa shape index (κ3) is 2.85. The van der Waals surface area contributed by atoms with E-state index in [9.17, 15) is 4.79 Å². The zero-order valence-electron chi connectivity index (χ0n) is 13.5. The molecule has 0 saturated heterocycles. The number of anilines is 1. The van der Waals surface area contributed by atoms with Crippen molar-refractivity contribution in [1.29, 1.82) is 0 Å². The Morgan fingerprint density at radius 3 is 2.84 bits per heavy atom. The third-order valence-electron chi connectivity index (χ3n) is 4.54. The molecule has 0 bridgehead atoms. The van der Waals surface area contributed by atoms with Gasteiger partial charge in [-0.3, -0.25) is 10.0 Å². The highest BCUT2D eigenvalue weighted by molar-refractivity contribution is 14.1. The largest absolute Gasteiger partial charge is 0.358 e. The van der Waals surface area contributed by atoms with Crippen LogP contribution in [0.2, 0.25) is 0 Å². The second-order valence-electron chi connectivity index (χ2n) is 6.11. The molecule has 0 saturated carbocycles. The molecular formula is C17H16IN5O2. The molecule has 25 heavy (non-hydrogen) atoms. The molecule has 1 aliphatic rings. The van der Waals surface area contributed by atoms with Crippen molar-refractivity contribution in [2.24, 2.45) is 0 Å². The van der Waals surface area contributed by atoms with E-state index >= 15 is 0 Å². The number of benzene rings is 1. The number of carbonyl (C=O) groups is 1.